The summed E-state index contributed by atoms with van der Waals surface area (Å²) in [6.07, 6.45) is 2.66. The maximum absolute atomic E-state index is 12.9. The second kappa shape index (κ2) is 8.29. The SMILES string of the molecule is COc1ccc(-c2ncc(CCNC(=O)Cc3ccc(F)cc3)[nH]2)cc1. The van der Waals surface area contributed by atoms with Crippen LogP contribution < -0.4 is 10.1 Å². The number of ether oxygens (including phenoxy) is 1. The van der Waals surface area contributed by atoms with Gasteiger partial charge in [-0.2, -0.15) is 0 Å². The number of imidazole rings is 1. The van der Waals surface area contributed by atoms with Gasteiger partial charge in [-0.05, 0) is 42.0 Å². The minimum atomic E-state index is -0.305. The van der Waals surface area contributed by atoms with Crippen LogP contribution in [0.25, 0.3) is 11.4 Å². The number of halogens is 1. The topological polar surface area (TPSA) is 67.0 Å². The van der Waals surface area contributed by atoms with Crippen molar-refractivity contribution in [1.82, 2.24) is 15.3 Å². The molecule has 0 aliphatic heterocycles. The first-order valence-corrected chi connectivity index (χ1v) is 8.33. The van der Waals surface area contributed by atoms with Crippen LogP contribution >= 0.6 is 0 Å². The van der Waals surface area contributed by atoms with Gasteiger partial charge in [0.15, 0.2) is 0 Å². The fourth-order valence-corrected chi connectivity index (χ4v) is 2.57. The number of rotatable bonds is 7. The smallest absolute Gasteiger partial charge is 0.224 e. The summed E-state index contributed by atoms with van der Waals surface area (Å²) in [4.78, 5) is 19.6. The standard InChI is InChI=1S/C20H20FN3O2/c1-26-18-8-4-15(5-9-18)20-23-13-17(24-20)10-11-22-19(25)12-14-2-6-16(21)7-3-14/h2-9,13H,10-12H2,1H3,(H,22,25)(H,23,24). The number of aromatic nitrogens is 2. The van der Waals surface area contributed by atoms with Crippen molar-refractivity contribution >= 4 is 5.91 Å². The highest BCUT2D eigenvalue weighted by Gasteiger charge is 2.06. The Labute approximate surface area is 151 Å². The van der Waals surface area contributed by atoms with E-state index in [1.807, 2.05) is 24.3 Å². The molecule has 1 heterocycles. The number of amides is 1. The summed E-state index contributed by atoms with van der Waals surface area (Å²) in [5.41, 5.74) is 2.70. The second-order valence-corrected chi connectivity index (χ2v) is 5.89. The lowest BCUT2D eigenvalue weighted by Crippen LogP contribution is -2.27. The van der Waals surface area contributed by atoms with Gasteiger partial charge in [0.2, 0.25) is 5.91 Å². The Hall–Kier alpha value is -3.15. The van der Waals surface area contributed by atoms with Gasteiger partial charge < -0.3 is 15.0 Å². The number of benzene rings is 2. The summed E-state index contributed by atoms with van der Waals surface area (Å²) in [6, 6.07) is 13.6. The molecule has 0 saturated carbocycles. The van der Waals surface area contributed by atoms with Crippen LogP contribution in [0.1, 0.15) is 11.3 Å². The molecule has 0 unspecified atom stereocenters. The molecule has 1 aromatic heterocycles. The first-order valence-electron chi connectivity index (χ1n) is 8.33. The van der Waals surface area contributed by atoms with Crippen LogP contribution in [0.15, 0.2) is 54.7 Å². The van der Waals surface area contributed by atoms with E-state index in [0.717, 1.165) is 28.4 Å². The van der Waals surface area contributed by atoms with Gasteiger partial charge in [0.1, 0.15) is 17.4 Å². The summed E-state index contributed by atoms with van der Waals surface area (Å²) in [6.45, 7) is 0.504. The Balaban J connectivity index is 1.48. The van der Waals surface area contributed by atoms with Crippen LogP contribution in [0.4, 0.5) is 4.39 Å². The lowest BCUT2D eigenvalue weighted by Gasteiger charge is -2.04. The molecule has 1 amide bonds. The van der Waals surface area contributed by atoms with E-state index in [4.69, 9.17) is 4.74 Å². The number of hydrogen-bond donors (Lipinski definition) is 2. The van der Waals surface area contributed by atoms with Crippen molar-refractivity contribution in [2.24, 2.45) is 0 Å². The zero-order valence-electron chi connectivity index (χ0n) is 14.5. The van der Waals surface area contributed by atoms with Crippen molar-refractivity contribution < 1.29 is 13.9 Å². The first kappa shape index (κ1) is 17.7. The highest BCUT2D eigenvalue weighted by atomic mass is 19.1. The molecule has 3 aromatic rings. The third-order valence-corrected chi connectivity index (χ3v) is 3.99. The molecule has 0 aliphatic rings. The van der Waals surface area contributed by atoms with E-state index in [0.29, 0.717) is 13.0 Å². The largest absolute Gasteiger partial charge is 0.497 e. The quantitative estimate of drug-likeness (QED) is 0.686. The molecule has 0 bridgehead atoms. The Kier molecular flexibility index (Phi) is 5.63. The molecular formula is C20H20FN3O2. The van der Waals surface area contributed by atoms with Crippen LogP contribution in [0.3, 0.4) is 0 Å². The number of nitrogens with one attached hydrogen (secondary N) is 2. The molecule has 6 heteroatoms. The molecular weight excluding hydrogens is 333 g/mol. The Morgan fingerprint density at radius 3 is 2.58 bits per heavy atom. The minimum absolute atomic E-state index is 0.0912. The first-order chi connectivity index (χ1) is 12.6. The Morgan fingerprint density at radius 2 is 1.88 bits per heavy atom. The van der Waals surface area contributed by atoms with Crippen molar-refractivity contribution in [3.8, 4) is 17.1 Å². The molecule has 2 aromatic carbocycles. The number of carbonyl (C=O) groups is 1. The Morgan fingerprint density at radius 1 is 1.15 bits per heavy atom. The predicted molar refractivity (Wildman–Crippen MR) is 97.4 cm³/mol. The molecule has 0 atom stereocenters. The lowest BCUT2D eigenvalue weighted by atomic mass is 10.1. The molecule has 0 fully saturated rings. The number of nitrogens with zero attached hydrogens (tertiary/aromatic N) is 1. The highest BCUT2D eigenvalue weighted by Crippen LogP contribution is 2.19. The van der Waals surface area contributed by atoms with Crippen LogP contribution in [-0.2, 0) is 17.6 Å². The zero-order chi connectivity index (χ0) is 18.4. The van der Waals surface area contributed by atoms with Gasteiger partial charge in [0, 0.05) is 30.4 Å². The fourth-order valence-electron chi connectivity index (χ4n) is 2.57. The molecule has 26 heavy (non-hydrogen) atoms. The third-order valence-electron chi connectivity index (χ3n) is 3.99. The Bertz CT molecular complexity index is 858. The van der Waals surface area contributed by atoms with E-state index >= 15 is 0 Å². The van der Waals surface area contributed by atoms with Gasteiger partial charge in [-0.15, -0.1) is 0 Å². The number of H-pyrrole nitrogens is 1. The van der Waals surface area contributed by atoms with Crippen LogP contribution in [0.2, 0.25) is 0 Å². The molecule has 0 spiro atoms. The number of aromatic amines is 1. The van der Waals surface area contributed by atoms with Gasteiger partial charge in [0.25, 0.3) is 0 Å². The minimum Gasteiger partial charge on any atom is -0.497 e. The van der Waals surface area contributed by atoms with E-state index in [-0.39, 0.29) is 18.1 Å². The predicted octanol–water partition coefficient (Wildman–Crippen LogP) is 3.13. The summed E-state index contributed by atoms with van der Waals surface area (Å²) in [5.74, 6) is 1.18. The van der Waals surface area contributed by atoms with Crippen LogP contribution in [0, 0.1) is 5.82 Å². The summed E-state index contributed by atoms with van der Waals surface area (Å²) in [7, 11) is 1.63. The van der Waals surface area contributed by atoms with E-state index in [1.165, 1.54) is 12.1 Å². The maximum Gasteiger partial charge on any atom is 0.224 e. The van der Waals surface area contributed by atoms with Gasteiger partial charge in [-0.25, -0.2) is 9.37 Å². The average Bonchev–Trinajstić information content (AvgIpc) is 3.12. The van der Waals surface area contributed by atoms with Crippen molar-refractivity contribution in [3.63, 3.8) is 0 Å². The molecule has 2 N–H and O–H groups in total. The van der Waals surface area contributed by atoms with E-state index in [2.05, 4.69) is 15.3 Å². The van der Waals surface area contributed by atoms with Gasteiger partial charge in [0.05, 0.1) is 13.5 Å². The van der Waals surface area contributed by atoms with E-state index in [1.54, 1.807) is 25.4 Å². The summed E-state index contributed by atoms with van der Waals surface area (Å²) < 4.78 is 18.0. The van der Waals surface area contributed by atoms with Crippen LogP contribution in [-0.4, -0.2) is 29.5 Å². The fraction of sp³-hybridized carbons (Fsp3) is 0.200. The number of methoxy groups -OCH3 is 1. The number of hydrogen-bond acceptors (Lipinski definition) is 3. The molecule has 0 aliphatic carbocycles. The normalized spacial score (nSPS) is 10.5. The summed E-state index contributed by atoms with van der Waals surface area (Å²) >= 11 is 0. The van der Waals surface area contributed by atoms with Gasteiger partial charge in [-0.1, -0.05) is 12.1 Å². The molecule has 5 nitrogen and oxygen atoms in total. The maximum atomic E-state index is 12.9. The second-order valence-electron chi connectivity index (χ2n) is 5.89. The van der Waals surface area contributed by atoms with E-state index < -0.39 is 0 Å². The van der Waals surface area contributed by atoms with Gasteiger partial charge in [-0.3, -0.25) is 4.79 Å². The van der Waals surface area contributed by atoms with Crippen molar-refractivity contribution in [1.29, 1.82) is 0 Å². The molecule has 0 radical (unpaired) electrons. The van der Waals surface area contributed by atoms with Crippen molar-refractivity contribution in [3.05, 3.63) is 71.8 Å². The van der Waals surface area contributed by atoms with Gasteiger partial charge >= 0.3 is 0 Å². The monoisotopic (exact) mass is 353 g/mol. The third kappa shape index (κ3) is 4.69. The molecule has 0 saturated heterocycles. The average molecular weight is 353 g/mol. The summed E-state index contributed by atoms with van der Waals surface area (Å²) in [5, 5.41) is 2.86. The number of carbonyl (C=O) groups excluding carboxylic acids is 1. The van der Waals surface area contributed by atoms with Crippen molar-refractivity contribution in [2.75, 3.05) is 13.7 Å². The molecule has 3 rings (SSSR count). The molecule has 134 valence electrons. The highest BCUT2D eigenvalue weighted by molar-refractivity contribution is 5.78. The van der Waals surface area contributed by atoms with Crippen LogP contribution in [0.5, 0.6) is 5.75 Å². The van der Waals surface area contributed by atoms with Crippen molar-refractivity contribution in [2.45, 2.75) is 12.8 Å². The van der Waals surface area contributed by atoms with E-state index in [9.17, 15) is 9.18 Å². The zero-order valence-corrected chi connectivity index (χ0v) is 14.5. The lowest BCUT2D eigenvalue weighted by molar-refractivity contribution is -0.120.